The number of hydrogen-bond acceptors (Lipinski definition) is 2. The van der Waals surface area contributed by atoms with E-state index in [0.29, 0.717) is 0 Å². The molecule has 0 amide bonds. The van der Waals surface area contributed by atoms with Gasteiger partial charge in [-0.2, -0.15) is 5.10 Å². The Kier molecular flexibility index (Phi) is 4.15. The number of para-hydroxylation sites is 1. The molecule has 0 bridgehead atoms. The second-order valence-corrected chi connectivity index (χ2v) is 4.47. The van der Waals surface area contributed by atoms with Crippen molar-refractivity contribution in [2.45, 2.75) is 32.7 Å². The fourth-order valence-corrected chi connectivity index (χ4v) is 2.13. The molecule has 0 saturated heterocycles. The van der Waals surface area contributed by atoms with Gasteiger partial charge in [-0.25, -0.2) is 0 Å². The number of rotatable bonds is 6. The summed E-state index contributed by atoms with van der Waals surface area (Å²) in [5.41, 5.74) is 2.36. The van der Waals surface area contributed by atoms with Crippen molar-refractivity contribution in [2.75, 3.05) is 6.54 Å². The first-order chi connectivity index (χ1) is 8.33. The topological polar surface area (TPSA) is 29.9 Å². The molecule has 0 radical (unpaired) electrons. The highest BCUT2D eigenvalue weighted by Crippen LogP contribution is 2.16. The molecule has 3 nitrogen and oxygen atoms in total. The van der Waals surface area contributed by atoms with E-state index in [0.717, 1.165) is 18.8 Å². The molecule has 0 atom stereocenters. The monoisotopic (exact) mass is 231 g/mol. The molecule has 2 aromatic rings. The standard InChI is InChI=1S/C14H21N3/c1-3-4-7-10-15-11-13-12-8-5-6-9-14(12)17(2)16-13/h5-6,8-9,15H,3-4,7,10-11H2,1-2H3. The molecule has 1 N–H and O–H groups in total. The second kappa shape index (κ2) is 5.82. The van der Waals surface area contributed by atoms with Crippen LogP contribution in [0.1, 0.15) is 31.9 Å². The molecule has 3 heteroatoms. The van der Waals surface area contributed by atoms with Crippen LogP contribution in [0.3, 0.4) is 0 Å². The average molecular weight is 231 g/mol. The van der Waals surface area contributed by atoms with Crippen molar-refractivity contribution < 1.29 is 0 Å². The molecule has 0 aliphatic heterocycles. The summed E-state index contributed by atoms with van der Waals surface area (Å²) in [6, 6.07) is 8.39. The van der Waals surface area contributed by atoms with Gasteiger partial charge in [-0.3, -0.25) is 4.68 Å². The lowest BCUT2D eigenvalue weighted by atomic mass is 10.2. The number of fused-ring (bicyclic) bond motifs is 1. The lowest BCUT2D eigenvalue weighted by Crippen LogP contribution is -2.15. The molecular weight excluding hydrogens is 210 g/mol. The van der Waals surface area contributed by atoms with Crippen molar-refractivity contribution in [1.29, 1.82) is 0 Å². The first kappa shape index (κ1) is 12.1. The van der Waals surface area contributed by atoms with Gasteiger partial charge in [-0.1, -0.05) is 38.0 Å². The van der Waals surface area contributed by atoms with Crippen molar-refractivity contribution >= 4 is 10.9 Å². The fraction of sp³-hybridized carbons (Fsp3) is 0.500. The third kappa shape index (κ3) is 2.86. The summed E-state index contributed by atoms with van der Waals surface area (Å²) >= 11 is 0. The summed E-state index contributed by atoms with van der Waals surface area (Å²) in [5, 5.41) is 9.29. The van der Waals surface area contributed by atoms with Crippen LogP contribution in [0.5, 0.6) is 0 Å². The Balaban J connectivity index is 1.99. The first-order valence-corrected chi connectivity index (χ1v) is 6.44. The number of nitrogens with one attached hydrogen (secondary N) is 1. The van der Waals surface area contributed by atoms with Crippen LogP contribution in [-0.2, 0) is 13.6 Å². The smallest absolute Gasteiger partial charge is 0.0841 e. The third-order valence-electron chi connectivity index (χ3n) is 3.08. The van der Waals surface area contributed by atoms with Gasteiger partial charge in [0, 0.05) is 19.0 Å². The minimum Gasteiger partial charge on any atom is -0.311 e. The molecule has 1 heterocycles. The van der Waals surface area contributed by atoms with Crippen LogP contribution in [-0.4, -0.2) is 16.3 Å². The lowest BCUT2D eigenvalue weighted by Gasteiger charge is -2.01. The summed E-state index contributed by atoms with van der Waals surface area (Å²) < 4.78 is 1.96. The quantitative estimate of drug-likeness (QED) is 0.775. The Bertz CT molecular complexity index is 473. The van der Waals surface area contributed by atoms with E-state index in [1.54, 1.807) is 0 Å². The minimum atomic E-state index is 0.866. The lowest BCUT2D eigenvalue weighted by molar-refractivity contribution is 0.606. The maximum atomic E-state index is 4.56. The summed E-state index contributed by atoms with van der Waals surface area (Å²) in [6.45, 7) is 4.18. The largest absolute Gasteiger partial charge is 0.311 e. The van der Waals surface area contributed by atoms with Crippen LogP contribution in [0, 0.1) is 0 Å². The predicted molar refractivity (Wildman–Crippen MR) is 71.9 cm³/mol. The number of unbranched alkanes of at least 4 members (excludes halogenated alkanes) is 2. The van der Waals surface area contributed by atoms with Crippen molar-refractivity contribution in [3.63, 3.8) is 0 Å². The molecular formula is C14H21N3. The molecule has 92 valence electrons. The zero-order valence-electron chi connectivity index (χ0n) is 10.7. The van der Waals surface area contributed by atoms with Gasteiger partial charge < -0.3 is 5.32 Å². The summed E-state index contributed by atoms with van der Waals surface area (Å²) in [7, 11) is 2.00. The van der Waals surface area contributed by atoms with Gasteiger partial charge in [0.2, 0.25) is 0 Å². The Morgan fingerprint density at radius 1 is 1.24 bits per heavy atom. The van der Waals surface area contributed by atoms with Crippen LogP contribution < -0.4 is 5.32 Å². The van der Waals surface area contributed by atoms with E-state index in [-0.39, 0.29) is 0 Å². The maximum absolute atomic E-state index is 4.56. The van der Waals surface area contributed by atoms with Gasteiger partial charge in [-0.05, 0) is 19.0 Å². The van der Waals surface area contributed by atoms with Crippen molar-refractivity contribution in [2.24, 2.45) is 7.05 Å². The van der Waals surface area contributed by atoms with E-state index in [1.165, 1.54) is 30.2 Å². The Labute approximate surface area is 103 Å². The van der Waals surface area contributed by atoms with E-state index in [1.807, 2.05) is 11.7 Å². The maximum Gasteiger partial charge on any atom is 0.0841 e. The van der Waals surface area contributed by atoms with E-state index in [9.17, 15) is 0 Å². The zero-order chi connectivity index (χ0) is 12.1. The van der Waals surface area contributed by atoms with Crippen LogP contribution in [0.2, 0.25) is 0 Å². The minimum absolute atomic E-state index is 0.866. The SMILES string of the molecule is CCCCCNCc1nn(C)c2ccccc12. The number of nitrogens with zero attached hydrogens (tertiary/aromatic N) is 2. The Morgan fingerprint density at radius 3 is 2.88 bits per heavy atom. The van der Waals surface area contributed by atoms with Crippen LogP contribution in [0.25, 0.3) is 10.9 Å². The molecule has 0 aliphatic carbocycles. The normalized spacial score (nSPS) is 11.2. The highest BCUT2D eigenvalue weighted by molar-refractivity contribution is 5.81. The zero-order valence-corrected chi connectivity index (χ0v) is 10.7. The number of benzene rings is 1. The molecule has 1 aromatic heterocycles. The van der Waals surface area contributed by atoms with Crippen LogP contribution >= 0.6 is 0 Å². The predicted octanol–water partition coefficient (Wildman–Crippen LogP) is 2.85. The van der Waals surface area contributed by atoms with Gasteiger partial charge in [0.15, 0.2) is 0 Å². The summed E-state index contributed by atoms with van der Waals surface area (Å²) in [4.78, 5) is 0. The molecule has 2 rings (SSSR count). The number of aromatic nitrogens is 2. The van der Waals surface area contributed by atoms with Gasteiger partial charge >= 0.3 is 0 Å². The Morgan fingerprint density at radius 2 is 2.06 bits per heavy atom. The highest BCUT2D eigenvalue weighted by Gasteiger charge is 2.06. The van der Waals surface area contributed by atoms with Gasteiger partial charge in [0.05, 0.1) is 11.2 Å². The van der Waals surface area contributed by atoms with Crippen molar-refractivity contribution in [1.82, 2.24) is 15.1 Å². The summed E-state index contributed by atoms with van der Waals surface area (Å²) in [5.74, 6) is 0. The van der Waals surface area contributed by atoms with Crippen LogP contribution in [0.15, 0.2) is 24.3 Å². The van der Waals surface area contributed by atoms with Gasteiger partial charge in [0.1, 0.15) is 0 Å². The van der Waals surface area contributed by atoms with Crippen LogP contribution in [0.4, 0.5) is 0 Å². The first-order valence-electron chi connectivity index (χ1n) is 6.44. The number of aryl methyl sites for hydroxylation is 1. The third-order valence-corrected chi connectivity index (χ3v) is 3.08. The molecule has 0 unspecified atom stereocenters. The Hall–Kier alpha value is -1.35. The average Bonchev–Trinajstić information content (AvgIpc) is 2.67. The molecule has 1 aromatic carbocycles. The molecule has 0 aliphatic rings. The number of hydrogen-bond donors (Lipinski definition) is 1. The van der Waals surface area contributed by atoms with Gasteiger partial charge in [0.25, 0.3) is 0 Å². The summed E-state index contributed by atoms with van der Waals surface area (Å²) in [6.07, 6.45) is 3.82. The molecule has 0 saturated carbocycles. The van der Waals surface area contributed by atoms with Gasteiger partial charge in [-0.15, -0.1) is 0 Å². The van der Waals surface area contributed by atoms with Crippen molar-refractivity contribution in [3.8, 4) is 0 Å². The highest BCUT2D eigenvalue weighted by atomic mass is 15.3. The van der Waals surface area contributed by atoms with Crippen molar-refractivity contribution in [3.05, 3.63) is 30.0 Å². The fourth-order valence-electron chi connectivity index (χ4n) is 2.13. The van der Waals surface area contributed by atoms with E-state index < -0.39 is 0 Å². The molecule has 17 heavy (non-hydrogen) atoms. The molecule has 0 fully saturated rings. The van der Waals surface area contributed by atoms with E-state index >= 15 is 0 Å². The van der Waals surface area contributed by atoms with E-state index in [2.05, 4.69) is 41.6 Å². The van der Waals surface area contributed by atoms with E-state index in [4.69, 9.17) is 0 Å². The second-order valence-electron chi connectivity index (χ2n) is 4.47. The molecule has 0 spiro atoms.